The number of alkyl halides is 2. The number of benzene rings is 1. The van der Waals surface area contributed by atoms with Gasteiger partial charge in [-0.05, 0) is 18.2 Å². The number of aryl methyl sites for hydroxylation is 1. The van der Waals surface area contributed by atoms with Crippen LogP contribution >= 0.6 is 58.0 Å². The van der Waals surface area contributed by atoms with Crippen LogP contribution < -0.4 is 0 Å². The molecule has 0 aliphatic heterocycles. The van der Waals surface area contributed by atoms with Crippen molar-refractivity contribution >= 4 is 58.0 Å². The minimum atomic E-state index is -0.755. The van der Waals surface area contributed by atoms with Gasteiger partial charge in [0, 0.05) is 17.6 Å². The van der Waals surface area contributed by atoms with Gasteiger partial charge in [0.2, 0.25) is 0 Å². The third-order valence-corrected chi connectivity index (χ3v) is 3.76. The first-order valence-electron chi connectivity index (χ1n) is 4.87. The highest BCUT2D eigenvalue weighted by Crippen LogP contribution is 2.39. The molecule has 2 rings (SSSR count). The molecule has 0 radical (unpaired) electrons. The molecule has 0 aliphatic carbocycles. The number of hydrogen-bond donors (Lipinski definition) is 0. The lowest BCUT2D eigenvalue weighted by Gasteiger charge is -2.02. The maximum Gasteiger partial charge on any atom is 0.150 e. The Hall–Kier alpha value is -0.120. The van der Waals surface area contributed by atoms with Crippen molar-refractivity contribution in [3.63, 3.8) is 0 Å². The van der Waals surface area contributed by atoms with Gasteiger partial charge in [-0.25, -0.2) is 0 Å². The van der Waals surface area contributed by atoms with Crippen LogP contribution in [0.15, 0.2) is 18.2 Å². The van der Waals surface area contributed by atoms with E-state index < -0.39 is 4.84 Å². The molecule has 0 saturated heterocycles. The molecule has 7 heteroatoms. The molecule has 1 heterocycles. The number of nitrogens with zero attached hydrogens (tertiary/aromatic N) is 2. The minimum absolute atomic E-state index is 0.386. The highest BCUT2D eigenvalue weighted by Gasteiger charge is 2.21. The van der Waals surface area contributed by atoms with Gasteiger partial charge in [-0.15, -0.1) is 0 Å². The van der Waals surface area contributed by atoms with Crippen LogP contribution in [0.1, 0.15) is 10.5 Å². The van der Waals surface area contributed by atoms with E-state index in [0.717, 1.165) is 0 Å². The molecule has 2 nitrogen and oxygen atoms in total. The Kier molecular flexibility index (Phi) is 4.35. The monoisotopic (exact) mass is 342 g/mol. The van der Waals surface area contributed by atoms with Crippen molar-refractivity contribution in [2.75, 3.05) is 0 Å². The summed E-state index contributed by atoms with van der Waals surface area (Å²) in [5.74, 6) is 0. The molecule has 18 heavy (non-hydrogen) atoms. The lowest BCUT2D eigenvalue weighted by molar-refractivity contribution is 0.734. The van der Waals surface area contributed by atoms with Crippen LogP contribution in [0.25, 0.3) is 11.3 Å². The molecule has 0 fully saturated rings. The van der Waals surface area contributed by atoms with Gasteiger partial charge in [0.15, 0.2) is 4.84 Å². The Bertz CT molecular complexity index is 591. The number of aromatic nitrogens is 2. The third-order valence-electron chi connectivity index (χ3n) is 2.42. The average Bonchev–Trinajstić information content (AvgIpc) is 2.54. The minimum Gasteiger partial charge on any atom is -0.268 e. The van der Waals surface area contributed by atoms with Gasteiger partial charge in [-0.2, -0.15) is 5.10 Å². The van der Waals surface area contributed by atoms with Crippen molar-refractivity contribution in [2.24, 2.45) is 7.05 Å². The van der Waals surface area contributed by atoms with E-state index in [0.29, 0.717) is 32.0 Å². The molecular formula is C11H7Cl5N2. The fraction of sp³-hybridized carbons (Fsp3) is 0.182. The van der Waals surface area contributed by atoms with Gasteiger partial charge in [0.1, 0.15) is 5.69 Å². The lowest BCUT2D eigenvalue weighted by atomic mass is 10.1. The van der Waals surface area contributed by atoms with Crippen LogP contribution in [0.3, 0.4) is 0 Å². The van der Waals surface area contributed by atoms with Crippen molar-refractivity contribution in [1.82, 2.24) is 9.78 Å². The number of halogens is 5. The van der Waals surface area contributed by atoms with E-state index in [1.54, 1.807) is 25.2 Å². The predicted octanol–water partition coefficient (Wildman–Crippen LogP) is 5.52. The van der Waals surface area contributed by atoms with Gasteiger partial charge >= 0.3 is 0 Å². The first kappa shape index (κ1) is 14.3. The lowest BCUT2D eigenvalue weighted by Crippen LogP contribution is -1.97. The summed E-state index contributed by atoms with van der Waals surface area (Å²) in [6, 6.07) is 5.09. The van der Waals surface area contributed by atoms with E-state index in [9.17, 15) is 0 Å². The Morgan fingerprint density at radius 2 is 1.83 bits per heavy atom. The van der Waals surface area contributed by atoms with E-state index >= 15 is 0 Å². The Labute approximate surface area is 129 Å². The van der Waals surface area contributed by atoms with E-state index in [-0.39, 0.29) is 0 Å². The smallest absolute Gasteiger partial charge is 0.150 e. The largest absolute Gasteiger partial charge is 0.268 e. The zero-order valence-corrected chi connectivity index (χ0v) is 12.9. The second kappa shape index (κ2) is 5.48. The van der Waals surface area contributed by atoms with Crippen LogP contribution in [0.5, 0.6) is 0 Å². The summed E-state index contributed by atoms with van der Waals surface area (Å²) in [4.78, 5) is -0.755. The van der Waals surface area contributed by atoms with Crippen molar-refractivity contribution in [3.8, 4) is 11.3 Å². The van der Waals surface area contributed by atoms with Gasteiger partial charge in [0.05, 0.1) is 15.7 Å². The molecule has 0 amide bonds. The fourth-order valence-corrected chi connectivity index (χ4v) is 3.08. The van der Waals surface area contributed by atoms with E-state index in [4.69, 9.17) is 58.0 Å². The van der Waals surface area contributed by atoms with Gasteiger partial charge in [-0.1, -0.05) is 58.0 Å². The van der Waals surface area contributed by atoms with Gasteiger partial charge in [0.25, 0.3) is 0 Å². The summed E-state index contributed by atoms with van der Waals surface area (Å²) in [6.07, 6.45) is 0. The van der Waals surface area contributed by atoms with Crippen LogP contribution in [0.2, 0.25) is 15.1 Å². The zero-order chi connectivity index (χ0) is 13.4. The second-order valence-corrected chi connectivity index (χ2v) is 5.91. The predicted molar refractivity (Wildman–Crippen MR) is 78.1 cm³/mol. The Morgan fingerprint density at radius 3 is 2.33 bits per heavy atom. The van der Waals surface area contributed by atoms with E-state index in [2.05, 4.69) is 5.10 Å². The average molecular weight is 344 g/mol. The molecule has 0 N–H and O–H groups in total. The first-order chi connectivity index (χ1) is 8.41. The molecule has 0 unspecified atom stereocenters. The zero-order valence-electron chi connectivity index (χ0n) is 9.09. The molecule has 1 aromatic carbocycles. The molecule has 1 aromatic heterocycles. The normalized spacial score (nSPS) is 11.3. The molecule has 0 bridgehead atoms. The molecular weight excluding hydrogens is 337 g/mol. The Balaban J connectivity index is 2.62. The van der Waals surface area contributed by atoms with Crippen LogP contribution in [0, 0.1) is 0 Å². The standard InChI is InChI=1S/C11H7Cl5N2/c1-18-10(11(15)16)8(14)9(17-18)6-3-2-5(12)4-7(6)13/h2-4,11H,1H3. The summed E-state index contributed by atoms with van der Waals surface area (Å²) < 4.78 is 1.53. The number of hydrogen-bond acceptors (Lipinski definition) is 1. The maximum atomic E-state index is 6.23. The molecule has 96 valence electrons. The Morgan fingerprint density at radius 1 is 1.17 bits per heavy atom. The molecule has 0 spiro atoms. The molecule has 0 aliphatic rings. The summed E-state index contributed by atoms with van der Waals surface area (Å²) in [6.45, 7) is 0. The fourth-order valence-electron chi connectivity index (χ4n) is 1.60. The van der Waals surface area contributed by atoms with Crippen LogP contribution in [-0.2, 0) is 7.05 Å². The first-order valence-corrected chi connectivity index (χ1v) is 6.88. The van der Waals surface area contributed by atoms with E-state index in [1.165, 1.54) is 4.68 Å². The second-order valence-electron chi connectivity index (χ2n) is 3.60. The maximum absolute atomic E-state index is 6.23. The van der Waals surface area contributed by atoms with Gasteiger partial charge < -0.3 is 0 Å². The topological polar surface area (TPSA) is 17.8 Å². The van der Waals surface area contributed by atoms with Crippen molar-refractivity contribution in [3.05, 3.63) is 39.0 Å². The summed E-state index contributed by atoms with van der Waals surface area (Å²) in [5, 5.41) is 5.68. The summed E-state index contributed by atoms with van der Waals surface area (Å²) >= 11 is 29.9. The van der Waals surface area contributed by atoms with Crippen molar-refractivity contribution < 1.29 is 0 Å². The van der Waals surface area contributed by atoms with Crippen molar-refractivity contribution in [1.29, 1.82) is 0 Å². The van der Waals surface area contributed by atoms with Crippen molar-refractivity contribution in [2.45, 2.75) is 4.84 Å². The number of rotatable bonds is 2. The van der Waals surface area contributed by atoms with E-state index in [1.807, 2.05) is 0 Å². The highest BCUT2D eigenvalue weighted by molar-refractivity contribution is 6.46. The molecule has 0 saturated carbocycles. The highest BCUT2D eigenvalue weighted by atomic mass is 35.5. The quantitative estimate of drug-likeness (QED) is 0.656. The molecule has 0 atom stereocenters. The summed E-state index contributed by atoms with van der Waals surface area (Å²) in [5.41, 5.74) is 1.74. The summed E-state index contributed by atoms with van der Waals surface area (Å²) in [7, 11) is 1.71. The van der Waals surface area contributed by atoms with Crippen LogP contribution in [0.4, 0.5) is 0 Å². The molecule has 2 aromatic rings. The SMILES string of the molecule is Cn1nc(-c2ccc(Cl)cc2Cl)c(Cl)c1C(Cl)Cl. The van der Waals surface area contributed by atoms with Gasteiger partial charge in [-0.3, -0.25) is 4.68 Å². The van der Waals surface area contributed by atoms with Crippen LogP contribution in [-0.4, -0.2) is 9.78 Å². The third kappa shape index (κ3) is 2.59.